The summed E-state index contributed by atoms with van der Waals surface area (Å²) in [6.07, 6.45) is 10.1. The number of hydrogen-bond acceptors (Lipinski definition) is 3. The van der Waals surface area contributed by atoms with Crippen molar-refractivity contribution in [3.05, 3.63) is 23.9 Å². The molecule has 106 valence electrons. The van der Waals surface area contributed by atoms with Crippen LogP contribution in [0.15, 0.2) is 33.9 Å². The van der Waals surface area contributed by atoms with Gasteiger partial charge in [0.15, 0.2) is 0 Å². The van der Waals surface area contributed by atoms with Crippen molar-refractivity contribution in [2.45, 2.75) is 39.7 Å². The first-order valence-corrected chi connectivity index (χ1v) is 6.54. The Morgan fingerprint density at radius 2 is 2.16 bits per heavy atom. The monoisotopic (exact) mass is 263 g/mol. The highest BCUT2D eigenvalue weighted by molar-refractivity contribution is 5.93. The normalized spacial score (nSPS) is 15.3. The zero-order valence-electron chi connectivity index (χ0n) is 12.1. The van der Waals surface area contributed by atoms with E-state index in [-0.39, 0.29) is 6.04 Å². The average Bonchev–Trinajstić information content (AvgIpc) is 2.38. The number of unbranched alkanes of at least 4 members (excludes halogenated alkanes) is 1. The molecule has 0 aromatic rings. The van der Waals surface area contributed by atoms with Crippen LogP contribution in [0, 0.1) is 5.41 Å². The standard InChI is InChI=1S/C14H25N5/c1-4-17-13(3)14(18-11-16)19-12(2)9-7-5-6-8-10-15/h6,8-11,13,15,17H,4-5,7H2,1-3H3,(H2,16,18,19)/b8-6-,12-9+,15-10?. The van der Waals surface area contributed by atoms with Gasteiger partial charge in [-0.05, 0) is 39.3 Å². The smallest absolute Gasteiger partial charge is 0.146 e. The van der Waals surface area contributed by atoms with Gasteiger partial charge >= 0.3 is 0 Å². The maximum absolute atomic E-state index is 6.86. The van der Waals surface area contributed by atoms with Crippen LogP contribution in [0.3, 0.4) is 0 Å². The van der Waals surface area contributed by atoms with Crippen LogP contribution >= 0.6 is 0 Å². The van der Waals surface area contributed by atoms with E-state index >= 15 is 0 Å². The van der Waals surface area contributed by atoms with Crippen LogP contribution in [-0.2, 0) is 0 Å². The molecule has 0 bridgehead atoms. The Bertz CT molecular complexity index is 366. The zero-order valence-corrected chi connectivity index (χ0v) is 12.1. The van der Waals surface area contributed by atoms with Gasteiger partial charge in [0, 0.05) is 11.9 Å². The van der Waals surface area contributed by atoms with Crippen molar-refractivity contribution >= 4 is 18.4 Å². The highest BCUT2D eigenvalue weighted by Gasteiger charge is 2.07. The lowest BCUT2D eigenvalue weighted by atomic mass is 10.2. The third-order valence-corrected chi connectivity index (χ3v) is 2.40. The van der Waals surface area contributed by atoms with Gasteiger partial charge in [-0.1, -0.05) is 19.1 Å². The van der Waals surface area contributed by atoms with Crippen LogP contribution in [0.25, 0.3) is 0 Å². The van der Waals surface area contributed by atoms with Crippen LogP contribution in [0.1, 0.15) is 33.6 Å². The predicted octanol–water partition coefficient (Wildman–Crippen LogP) is 2.26. The molecule has 19 heavy (non-hydrogen) atoms. The Kier molecular flexibility index (Phi) is 10.3. The zero-order chi connectivity index (χ0) is 14.5. The second kappa shape index (κ2) is 11.3. The molecule has 0 fully saturated rings. The van der Waals surface area contributed by atoms with Crippen LogP contribution in [0.5, 0.6) is 0 Å². The molecule has 0 radical (unpaired) electrons. The molecule has 1 unspecified atom stereocenters. The maximum Gasteiger partial charge on any atom is 0.146 e. The van der Waals surface area contributed by atoms with Crippen molar-refractivity contribution in [3.8, 4) is 0 Å². The Hall–Kier alpha value is -1.75. The first-order valence-electron chi connectivity index (χ1n) is 6.54. The molecule has 0 aromatic heterocycles. The van der Waals surface area contributed by atoms with Crippen LogP contribution in [0.4, 0.5) is 0 Å². The number of nitrogens with two attached hydrogens (primary N) is 1. The first-order chi connectivity index (χ1) is 9.15. The van der Waals surface area contributed by atoms with Crippen LogP contribution < -0.4 is 11.1 Å². The van der Waals surface area contributed by atoms with Crippen LogP contribution in [-0.4, -0.2) is 31.0 Å². The Balaban J connectivity index is 4.58. The largest absolute Gasteiger partial charge is 0.390 e. The molecule has 0 aliphatic carbocycles. The summed E-state index contributed by atoms with van der Waals surface area (Å²) in [5.41, 5.74) is 6.27. The number of hydrogen-bond donors (Lipinski definition) is 3. The minimum atomic E-state index is 0.0750. The van der Waals surface area contributed by atoms with Crippen molar-refractivity contribution in [1.82, 2.24) is 5.32 Å². The van der Waals surface area contributed by atoms with E-state index in [2.05, 4.69) is 21.4 Å². The quantitative estimate of drug-likeness (QED) is 0.356. The minimum absolute atomic E-state index is 0.0750. The van der Waals surface area contributed by atoms with Gasteiger partial charge in [0.25, 0.3) is 0 Å². The maximum atomic E-state index is 6.86. The third-order valence-electron chi connectivity index (χ3n) is 2.40. The molecule has 0 amide bonds. The number of nitrogens with one attached hydrogen (secondary N) is 2. The summed E-state index contributed by atoms with van der Waals surface area (Å²) in [5, 5.41) is 10.1. The topological polar surface area (TPSA) is 86.6 Å². The van der Waals surface area contributed by atoms with Gasteiger partial charge in [0.05, 0.1) is 12.4 Å². The number of rotatable bonds is 8. The van der Waals surface area contributed by atoms with Gasteiger partial charge in [0.2, 0.25) is 0 Å². The summed E-state index contributed by atoms with van der Waals surface area (Å²) in [4.78, 5) is 8.57. The molecule has 4 N–H and O–H groups in total. The molecule has 0 saturated carbocycles. The molecule has 0 saturated heterocycles. The molecule has 0 aromatic carbocycles. The lowest BCUT2D eigenvalue weighted by molar-refractivity contribution is 0.682. The molecule has 1 atom stereocenters. The summed E-state index contributed by atoms with van der Waals surface area (Å²) in [6.45, 7) is 6.86. The molecule has 0 spiro atoms. The summed E-state index contributed by atoms with van der Waals surface area (Å²) in [5.74, 6) is 0.688. The number of likely N-dealkylation sites (N-methyl/N-ethyl adjacent to an activating group) is 1. The van der Waals surface area contributed by atoms with Crippen LogP contribution in [0.2, 0.25) is 0 Å². The van der Waals surface area contributed by atoms with E-state index in [1.54, 1.807) is 6.08 Å². The predicted molar refractivity (Wildman–Crippen MR) is 84.2 cm³/mol. The fraction of sp³-hybridized carbons (Fsp3) is 0.500. The summed E-state index contributed by atoms with van der Waals surface area (Å²) in [7, 11) is 0. The Labute approximate surface area is 115 Å². The van der Waals surface area contributed by atoms with Gasteiger partial charge in [0.1, 0.15) is 5.84 Å². The molecule has 0 rings (SSSR count). The van der Waals surface area contributed by atoms with E-state index < -0.39 is 0 Å². The van der Waals surface area contributed by atoms with Gasteiger partial charge in [-0.25, -0.2) is 9.98 Å². The lowest BCUT2D eigenvalue weighted by Crippen LogP contribution is -2.33. The average molecular weight is 263 g/mol. The molecule has 0 aliphatic heterocycles. The number of allylic oxidation sites excluding steroid dienone is 4. The number of amidine groups is 1. The molecular weight excluding hydrogens is 238 g/mol. The van der Waals surface area contributed by atoms with E-state index in [9.17, 15) is 0 Å². The molecular formula is C14H25N5. The SMILES string of the molecule is CCNC(C)C(N=CN)=N/C(C)=C/CC/C=C\C=N. The van der Waals surface area contributed by atoms with Crippen molar-refractivity contribution in [2.75, 3.05) is 6.54 Å². The minimum Gasteiger partial charge on any atom is -0.390 e. The second-order valence-corrected chi connectivity index (χ2v) is 4.05. The second-order valence-electron chi connectivity index (χ2n) is 4.05. The van der Waals surface area contributed by atoms with Crippen molar-refractivity contribution in [3.63, 3.8) is 0 Å². The molecule has 5 heteroatoms. The van der Waals surface area contributed by atoms with Gasteiger partial charge in [-0.3, -0.25) is 0 Å². The number of nitrogens with zero attached hydrogens (tertiary/aromatic N) is 2. The van der Waals surface area contributed by atoms with Crippen molar-refractivity contribution in [2.24, 2.45) is 15.7 Å². The fourth-order valence-corrected chi connectivity index (χ4v) is 1.49. The van der Waals surface area contributed by atoms with E-state index in [4.69, 9.17) is 11.1 Å². The summed E-state index contributed by atoms with van der Waals surface area (Å²) >= 11 is 0. The van der Waals surface area contributed by atoms with E-state index in [1.807, 2.05) is 26.8 Å². The fourth-order valence-electron chi connectivity index (χ4n) is 1.49. The highest BCUT2D eigenvalue weighted by Crippen LogP contribution is 2.03. The van der Waals surface area contributed by atoms with Gasteiger partial charge in [-0.15, -0.1) is 0 Å². The molecule has 0 aliphatic rings. The van der Waals surface area contributed by atoms with E-state index in [1.165, 1.54) is 12.6 Å². The Morgan fingerprint density at radius 3 is 2.74 bits per heavy atom. The van der Waals surface area contributed by atoms with Gasteiger partial charge < -0.3 is 16.5 Å². The first kappa shape index (κ1) is 17.2. The third kappa shape index (κ3) is 8.90. The Morgan fingerprint density at radius 1 is 1.42 bits per heavy atom. The van der Waals surface area contributed by atoms with Crippen molar-refractivity contribution < 1.29 is 0 Å². The van der Waals surface area contributed by atoms with E-state index in [0.29, 0.717) is 5.84 Å². The van der Waals surface area contributed by atoms with Gasteiger partial charge in [-0.2, -0.15) is 0 Å². The van der Waals surface area contributed by atoms with E-state index in [0.717, 1.165) is 25.1 Å². The van der Waals surface area contributed by atoms with Crippen molar-refractivity contribution in [1.29, 1.82) is 5.41 Å². The highest BCUT2D eigenvalue weighted by atomic mass is 15.0. The summed E-state index contributed by atoms with van der Waals surface area (Å²) < 4.78 is 0. The molecule has 0 heterocycles. The molecule has 5 nitrogen and oxygen atoms in total. The lowest BCUT2D eigenvalue weighted by Gasteiger charge is -2.11. The summed E-state index contributed by atoms with van der Waals surface area (Å²) in [6, 6.07) is 0.0750. The number of aliphatic imine (C=N–C) groups is 2.